The molecule has 1 heterocycles. The second-order valence-electron chi connectivity index (χ2n) is 6.20. The number of ketones is 1. The van der Waals surface area contributed by atoms with Crippen LogP contribution < -0.4 is 0 Å². The number of ether oxygens (including phenoxy) is 1. The standard InChI is InChI=1S/C18H18BrN3O7/c1-3-29-18(24)15-10(2)14(17(23)11-5-4-6-13(19)7-11)16(20-15)12(8-21(25)26)9-22(27)28/h4-7,12,20H,3,8-9H2,1-2H3. The number of nitrogens with zero attached hydrogens (tertiary/aromatic N) is 2. The van der Waals surface area contributed by atoms with Gasteiger partial charge in [-0.05, 0) is 31.5 Å². The van der Waals surface area contributed by atoms with Gasteiger partial charge < -0.3 is 9.72 Å². The lowest BCUT2D eigenvalue weighted by atomic mass is 9.93. The SMILES string of the molecule is CCOC(=O)c1[nH]c(C(C[N+](=O)[O-])C[N+](=O)[O-])c(C(=O)c2cccc(Br)c2)c1C. The quantitative estimate of drug-likeness (QED) is 0.258. The molecule has 0 atom stereocenters. The number of aromatic nitrogens is 1. The number of H-pyrrole nitrogens is 1. The van der Waals surface area contributed by atoms with Crippen LogP contribution in [0.15, 0.2) is 28.7 Å². The maximum Gasteiger partial charge on any atom is 0.355 e. The van der Waals surface area contributed by atoms with E-state index in [9.17, 15) is 29.8 Å². The molecule has 2 aromatic rings. The van der Waals surface area contributed by atoms with Crippen molar-refractivity contribution in [1.82, 2.24) is 4.98 Å². The second kappa shape index (κ2) is 9.41. The van der Waals surface area contributed by atoms with Crippen molar-refractivity contribution in [3.05, 3.63) is 77.0 Å². The molecule has 0 saturated carbocycles. The molecule has 10 nitrogen and oxygen atoms in total. The molecule has 29 heavy (non-hydrogen) atoms. The van der Waals surface area contributed by atoms with Crippen molar-refractivity contribution in [2.24, 2.45) is 0 Å². The highest BCUT2D eigenvalue weighted by Gasteiger charge is 2.34. The summed E-state index contributed by atoms with van der Waals surface area (Å²) in [6.45, 7) is 1.62. The fraction of sp³-hybridized carbons (Fsp3) is 0.333. The molecule has 0 aliphatic heterocycles. The smallest absolute Gasteiger partial charge is 0.355 e. The van der Waals surface area contributed by atoms with Crippen LogP contribution in [0, 0.1) is 27.2 Å². The summed E-state index contributed by atoms with van der Waals surface area (Å²) >= 11 is 3.27. The van der Waals surface area contributed by atoms with Crippen molar-refractivity contribution in [2.75, 3.05) is 19.7 Å². The molecule has 0 aliphatic carbocycles. The van der Waals surface area contributed by atoms with Crippen LogP contribution in [0.4, 0.5) is 0 Å². The summed E-state index contributed by atoms with van der Waals surface area (Å²) in [5, 5.41) is 22.1. The van der Waals surface area contributed by atoms with Gasteiger partial charge in [0.2, 0.25) is 13.1 Å². The minimum Gasteiger partial charge on any atom is -0.461 e. The summed E-state index contributed by atoms with van der Waals surface area (Å²) < 4.78 is 5.60. The topological polar surface area (TPSA) is 145 Å². The highest BCUT2D eigenvalue weighted by molar-refractivity contribution is 9.10. The molecule has 0 saturated heterocycles. The number of halogens is 1. The summed E-state index contributed by atoms with van der Waals surface area (Å²) in [5.74, 6) is -2.49. The summed E-state index contributed by atoms with van der Waals surface area (Å²) in [4.78, 5) is 48.9. The first-order chi connectivity index (χ1) is 13.6. The third-order valence-corrected chi connectivity index (χ3v) is 4.71. The van der Waals surface area contributed by atoms with E-state index in [1.54, 1.807) is 31.2 Å². The average Bonchev–Trinajstić information content (AvgIpc) is 2.97. The van der Waals surface area contributed by atoms with Crippen molar-refractivity contribution < 1.29 is 24.2 Å². The minimum absolute atomic E-state index is 0.000136. The van der Waals surface area contributed by atoms with E-state index in [1.807, 2.05) is 0 Å². The Hall–Kier alpha value is -3.08. The van der Waals surface area contributed by atoms with Gasteiger partial charge in [-0.25, -0.2) is 4.79 Å². The normalized spacial score (nSPS) is 10.8. The highest BCUT2D eigenvalue weighted by atomic mass is 79.9. The van der Waals surface area contributed by atoms with E-state index < -0.39 is 40.6 Å². The van der Waals surface area contributed by atoms with Crippen LogP contribution in [0.5, 0.6) is 0 Å². The van der Waals surface area contributed by atoms with Gasteiger partial charge in [-0.15, -0.1) is 0 Å². The first-order valence-electron chi connectivity index (χ1n) is 8.59. The Bertz CT molecular complexity index is 954. The molecular weight excluding hydrogens is 450 g/mol. The number of benzene rings is 1. The maximum atomic E-state index is 13.2. The van der Waals surface area contributed by atoms with Gasteiger partial charge in [0, 0.05) is 31.1 Å². The fourth-order valence-electron chi connectivity index (χ4n) is 3.00. The van der Waals surface area contributed by atoms with Gasteiger partial charge in [0.25, 0.3) is 0 Å². The van der Waals surface area contributed by atoms with Gasteiger partial charge in [-0.2, -0.15) is 0 Å². The van der Waals surface area contributed by atoms with Gasteiger partial charge in [-0.1, -0.05) is 28.1 Å². The number of carbonyl (C=O) groups excluding carboxylic acids is 2. The van der Waals surface area contributed by atoms with E-state index >= 15 is 0 Å². The Morgan fingerprint density at radius 2 is 1.83 bits per heavy atom. The number of esters is 1. The molecule has 1 aromatic carbocycles. The van der Waals surface area contributed by atoms with E-state index in [4.69, 9.17) is 4.74 Å². The van der Waals surface area contributed by atoms with Crippen LogP contribution in [0.25, 0.3) is 0 Å². The third kappa shape index (κ3) is 5.25. The second-order valence-corrected chi connectivity index (χ2v) is 7.12. The van der Waals surface area contributed by atoms with Crippen LogP contribution in [-0.2, 0) is 4.74 Å². The summed E-state index contributed by atoms with van der Waals surface area (Å²) in [5.41, 5.74) is 0.403. The Morgan fingerprint density at radius 3 is 2.34 bits per heavy atom. The van der Waals surface area contributed by atoms with Crippen LogP contribution in [0.1, 0.15) is 50.5 Å². The molecular formula is C18H18BrN3O7. The maximum absolute atomic E-state index is 13.2. The average molecular weight is 468 g/mol. The third-order valence-electron chi connectivity index (χ3n) is 4.22. The lowest BCUT2D eigenvalue weighted by molar-refractivity contribution is -0.516. The molecule has 0 aliphatic rings. The van der Waals surface area contributed by atoms with Gasteiger partial charge in [0.1, 0.15) is 11.6 Å². The van der Waals surface area contributed by atoms with Gasteiger partial charge in [-0.3, -0.25) is 25.0 Å². The van der Waals surface area contributed by atoms with E-state index in [2.05, 4.69) is 20.9 Å². The van der Waals surface area contributed by atoms with Crippen molar-refractivity contribution in [3.8, 4) is 0 Å². The Balaban J connectivity index is 2.68. The van der Waals surface area contributed by atoms with E-state index in [0.29, 0.717) is 4.47 Å². The van der Waals surface area contributed by atoms with Crippen LogP contribution in [-0.4, -0.2) is 46.3 Å². The van der Waals surface area contributed by atoms with Crippen molar-refractivity contribution >= 4 is 27.7 Å². The molecule has 0 radical (unpaired) electrons. The number of aromatic amines is 1. The number of carbonyl (C=O) groups is 2. The predicted molar refractivity (Wildman–Crippen MR) is 106 cm³/mol. The molecule has 2 rings (SSSR count). The Morgan fingerprint density at radius 1 is 1.21 bits per heavy atom. The zero-order valence-corrected chi connectivity index (χ0v) is 17.2. The molecule has 0 fully saturated rings. The fourth-order valence-corrected chi connectivity index (χ4v) is 3.40. The van der Waals surface area contributed by atoms with Gasteiger partial charge in [0.05, 0.1) is 6.61 Å². The number of nitrogens with one attached hydrogen (secondary N) is 1. The lowest BCUT2D eigenvalue weighted by Crippen LogP contribution is -2.23. The van der Waals surface area contributed by atoms with Crippen molar-refractivity contribution in [1.29, 1.82) is 0 Å². The molecule has 0 unspecified atom stereocenters. The Kier molecular flexibility index (Phi) is 7.21. The molecule has 0 bridgehead atoms. The number of nitro groups is 2. The molecule has 0 amide bonds. The summed E-state index contributed by atoms with van der Waals surface area (Å²) in [6.07, 6.45) is 0. The van der Waals surface area contributed by atoms with Crippen molar-refractivity contribution in [3.63, 3.8) is 0 Å². The summed E-state index contributed by atoms with van der Waals surface area (Å²) in [7, 11) is 0. The molecule has 11 heteroatoms. The highest BCUT2D eigenvalue weighted by Crippen LogP contribution is 2.29. The monoisotopic (exact) mass is 467 g/mol. The lowest BCUT2D eigenvalue weighted by Gasteiger charge is -2.11. The molecule has 1 aromatic heterocycles. The van der Waals surface area contributed by atoms with E-state index in [0.717, 1.165) is 0 Å². The number of rotatable bonds is 9. The van der Waals surface area contributed by atoms with Crippen LogP contribution in [0.3, 0.4) is 0 Å². The Labute approximate surface area is 173 Å². The largest absolute Gasteiger partial charge is 0.461 e. The molecule has 1 N–H and O–H groups in total. The van der Waals surface area contributed by atoms with Gasteiger partial charge in [0.15, 0.2) is 5.78 Å². The molecule has 0 spiro atoms. The minimum atomic E-state index is -1.23. The van der Waals surface area contributed by atoms with Crippen LogP contribution >= 0.6 is 15.9 Å². The zero-order chi connectivity index (χ0) is 21.7. The van der Waals surface area contributed by atoms with E-state index in [1.165, 1.54) is 6.92 Å². The molecule has 154 valence electrons. The number of hydrogen-bond acceptors (Lipinski definition) is 7. The number of hydrogen-bond donors (Lipinski definition) is 1. The van der Waals surface area contributed by atoms with Crippen LogP contribution in [0.2, 0.25) is 0 Å². The first-order valence-corrected chi connectivity index (χ1v) is 9.38. The van der Waals surface area contributed by atoms with E-state index in [-0.39, 0.29) is 34.7 Å². The van der Waals surface area contributed by atoms with Gasteiger partial charge >= 0.3 is 5.97 Å². The van der Waals surface area contributed by atoms with Crippen molar-refractivity contribution in [2.45, 2.75) is 19.8 Å². The summed E-state index contributed by atoms with van der Waals surface area (Å²) in [6, 6.07) is 6.45. The first kappa shape index (κ1) is 22.2. The predicted octanol–water partition coefficient (Wildman–Crippen LogP) is 3.13. The zero-order valence-electron chi connectivity index (χ0n) is 15.6.